The molecule has 2 rings (SSSR count). The molecule has 2 aromatic heterocycles. The summed E-state index contributed by atoms with van der Waals surface area (Å²) in [7, 11) is 1.86. The summed E-state index contributed by atoms with van der Waals surface area (Å²) < 4.78 is 8.11. The van der Waals surface area contributed by atoms with Crippen LogP contribution in [0.4, 0.5) is 0 Å². The number of aromatic nitrogens is 4. The van der Waals surface area contributed by atoms with E-state index in [9.17, 15) is 0 Å². The predicted molar refractivity (Wildman–Crippen MR) is 95.0 cm³/mol. The van der Waals surface area contributed by atoms with Gasteiger partial charge in [-0.15, -0.1) is 10.2 Å². The molecule has 2 aromatic rings. The Labute approximate surface area is 148 Å². The largest absolute Gasteiger partial charge is 0.469 e. The van der Waals surface area contributed by atoms with Crippen LogP contribution in [0, 0.1) is 11.3 Å². The second-order valence-electron chi connectivity index (χ2n) is 5.01. The minimum atomic E-state index is 0.193. The molecule has 6 nitrogen and oxygen atoms in total. The number of nitrogens with zero attached hydrogens (tertiary/aromatic N) is 5. The van der Waals surface area contributed by atoms with Crippen molar-refractivity contribution in [1.29, 1.82) is 5.26 Å². The molecule has 0 fully saturated rings. The summed E-state index contributed by atoms with van der Waals surface area (Å²) in [6.07, 6.45) is 4.98. The van der Waals surface area contributed by atoms with Crippen molar-refractivity contribution in [1.82, 2.24) is 19.7 Å². The summed E-state index contributed by atoms with van der Waals surface area (Å²) in [5.74, 6) is 1.72. The fourth-order valence-corrected chi connectivity index (χ4v) is 2.44. The maximum atomic E-state index is 8.85. The number of rotatable bonds is 6. The van der Waals surface area contributed by atoms with E-state index in [4.69, 9.17) is 10.00 Å². The van der Waals surface area contributed by atoms with Crippen LogP contribution in [0.3, 0.4) is 0 Å². The molecule has 0 aliphatic heterocycles. The van der Waals surface area contributed by atoms with Gasteiger partial charge < -0.3 is 9.30 Å². The fraction of sp³-hybridized carbons (Fsp3) is 0.176. The first-order valence-electron chi connectivity index (χ1n) is 7.03. The molecule has 0 saturated heterocycles. The average molecular weight is 386 g/mol. The van der Waals surface area contributed by atoms with E-state index in [-0.39, 0.29) is 6.61 Å². The molecule has 0 N–H and O–H groups in total. The van der Waals surface area contributed by atoms with E-state index in [2.05, 4.69) is 44.3 Å². The Morgan fingerprint density at radius 3 is 2.83 bits per heavy atom. The van der Waals surface area contributed by atoms with E-state index in [0.29, 0.717) is 27.6 Å². The lowest BCUT2D eigenvalue weighted by atomic mass is 10.1. The van der Waals surface area contributed by atoms with Crippen LogP contribution in [0.25, 0.3) is 5.57 Å². The first kappa shape index (κ1) is 17.6. The molecule has 0 unspecified atom stereocenters. The van der Waals surface area contributed by atoms with Gasteiger partial charge in [-0.25, -0.2) is 4.98 Å². The van der Waals surface area contributed by atoms with Gasteiger partial charge in [0.2, 0.25) is 5.88 Å². The number of allylic oxidation sites excluding steroid dienone is 4. The van der Waals surface area contributed by atoms with Crippen molar-refractivity contribution in [2.24, 2.45) is 7.05 Å². The second-order valence-corrected chi connectivity index (χ2v) is 5.86. The molecule has 0 spiro atoms. The van der Waals surface area contributed by atoms with Gasteiger partial charge >= 0.3 is 0 Å². The lowest BCUT2D eigenvalue weighted by Gasteiger charge is -2.09. The normalized spacial score (nSPS) is 11.0. The highest BCUT2D eigenvalue weighted by Gasteiger charge is 2.14. The van der Waals surface area contributed by atoms with Gasteiger partial charge in [-0.2, -0.15) is 5.26 Å². The Morgan fingerprint density at radius 2 is 2.25 bits per heavy atom. The van der Waals surface area contributed by atoms with E-state index < -0.39 is 0 Å². The molecular weight excluding hydrogens is 370 g/mol. The van der Waals surface area contributed by atoms with Crippen LogP contribution in [0.2, 0.25) is 0 Å². The summed E-state index contributed by atoms with van der Waals surface area (Å²) in [5, 5.41) is 17.2. The summed E-state index contributed by atoms with van der Waals surface area (Å²) in [4.78, 5) is 4.11. The number of halogens is 1. The highest BCUT2D eigenvalue weighted by Crippen LogP contribution is 2.24. The van der Waals surface area contributed by atoms with Crippen molar-refractivity contribution < 1.29 is 4.74 Å². The molecule has 0 aliphatic rings. The molecule has 24 heavy (non-hydrogen) atoms. The summed E-state index contributed by atoms with van der Waals surface area (Å²) >= 11 is 3.33. The molecule has 0 bridgehead atoms. The van der Waals surface area contributed by atoms with Crippen LogP contribution < -0.4 is 4.74 Å². The molecule has 0 aliphatic carbocycles. The van der Waals surface area contributed by atoms with Gasteiger partial charge in [0.05, 0.1) is 10.0 Å². The molecular formula is C17H16BrN5O. The third-order valence-electron chi connectivity index (χ3n) is 3.22. The van der Waals surface area contributed by atoms with E-state index in [0.717, 1.165) is 11.1 Å². The zero-order valence-corrected chi connectivity index (χ0v) is 15.0. The van der Waals surface area contributed by atoms with Gasteiger partial charge in [0, 0.05) is 18.8 Å². The Kier molecular flexibility index (Phi) is 5.66. The molecule has 0 aromatic carbocycles. The summed E-state index contributed by atoms with van der Waals surface area (Å²) in [5.41, 5.74) is 2.19. The van der Waals surface area contributed by atoms with Gasteiger partial charge in [0.1, 0.15) is 12.7 Å². The van der Waals surface area contributed by atoms with Crippen molar-refractivity contribution in [3.05, 3.63) is 64.8 Å². The van der Waals surface area contributed by atoms with E-state index in [1.54, 1.807) is 12.1 Å². The van der Waals surface area contributed by atoms with Crippen LogP contribution in [0.5, 0.6) is 5.88 Å². The van der Waals surface area contributed by atoms with Crippen LogP contribution in [0.1, 0.15) is 24.1 Å². The van der Waals surface area contributed by atoms with E-state index >= 15 is 0 Å². The third-order valence-corrected chi connectivity index (χ3v) is 3.79. The van der Waals surface area contributed by atoms with Crippen LogP contribution >= 0.6 is 15.9 Å². The monoisotopic (exact) mass is 385 g/mol. The quantitative estimate of drug-likeness (QED) is 0.710. The van der Waals surface area contributed by atoms with Crippen LogP contribution in [0.15, 0.2) is 47.6 Å². The molecule has 2 heterocycles. The first-order chi connectivity index (χ1) is 11.5. The van der Waals surface area contributed by atoms with Gasteiger partial charge in [-0.3, -0.25) is 0 Å². The number of nitriles is 1. The Balaban J connectivity index is 2.21. The van der Waals surface area contributed by atoms with Crippen LogP contribution in [-0.2, 0) is 13.7 Å². The highest BCUT2D eigenvalue weighted by molar-refractivity contribution is 9.10. The minimum Gasteiger partial charge on any atom is -0.469 e. The summed E-state index contributed by atoms with van der Waals surface area (Å²) in [6.45, 7) is 9.75. The maximum Gasteiger partial charge on any atom is 0.228 e. The molecule has 122 valence electrons. The lowest BCUT2D eigenvalue weighted by Crippen LogP contribution is -2.07. The van der Waals surface area contributed by atoms with Gasteiger partial charge in [-0.05, 0) is 34.5 Å². The SMILES string of the molecule is C=C/C=C(\C(=C)C)c1nnc(COc2ncc(C#N)cc2Br)n1C. The smallest absolute Gasteiger partial charge is 0.228 e. The number of pyridine rings is 1. The highest BCUT2D eigenvalue weighted by atomic mass is 79.9. The third kappa shape index (κ3) is 3.78. The Morgan fingerprint density at radius 1 is 1.50 bits per heavy atom. The van der Waals surface area contributed by atoms with Crippen molar-refractivity contribution in [3.63, 3.8) is 0 Å². The standard InChI is InChI=1S/C17H16BrN5O/c1-5-6-13(11(2)3)16-22-21-15(23(16)4)10-24-17-14(18)7-12(8-19)9-20-17/h5-7,9H,1-2,10H2,3-4H3/b13-6+. The molecule has 0 atom stereocenters. The Bertz CT molecular complexity index is 860. The zero-order chi connectivity index (χ0) is 17.7. The predicted octanol–water partition coefficient (Wildman–Crippen LogP) is 3.57. The maximum absolute atomic E-state index is 8.85. The summed E-state index contributed by atoms with van der Waals surface area (Å²) in [6, 6.07) is 3.67. The first-order valence-corrected chi connectivity index (χ1v) is 7.83. The lowest BCUT2D eigenvalue weighted by molar-refractivity contribution is 0.277. The molecule has 0 saturated carbocycles. The number of hydrogen-bond acceptors (Lipinski definition) is 5. The van der Waals surface area contributed by atoms with Crippen molar-refractivity contribution >= 4 is 21.5 Å². The van der Waals surface area contributed by atoms with Gasteiger partial charge in [-0.1, -0.05) is 25.3 Å². The minimum absolute atomic E-state index is 0.193. The molecule has 7 heteroatoms. The average Bonchev–Trinajstić information content (AvgIpc) is 2.91. The fourth-order valence-electron chi connectivity index (χ4n) is 1.97. The van der Waals surface area contributed by atoms with Crippen molar-refractivity contribution in [3.8, 4) is 11.9 Å². The zero-order valence-electron chi connectivity index (χ0n) is 13.5. The van der Waals surface area contributed by atoms with Crippen LogP contribution in [-0.4, -0.2) is 19.7 Å². The van der Waals surface area contributed by atoms with Gasteiger partial charge in [0.25, 0.3) is 0 Å². The van der Waals surface area contributed by atoms with Crippen molar-refractivity contribution in [2.45, 2.75) is 13.5 Å². The number of hydrogen-bond donors (Lipinski definition) is 0. The second kappa shape index (κ2) is 7.70. The van der Waals surface area contributed by atoms with Gasteiger partial charge in [0.15, 0.2) is 11.6 Å². The van der Waals surface area contributed by atoms with Crippen molar-refractivity contribution in [2.75, 3.05) is 0 Å². The topological polar surface area (TPSA) is 76.6 Å². The molecule has 0 amide bonds. The van der Waals surface area contributed by atoms with E-state index in [1.807, 2.05) is 30.7 Å². The Hall–Kier alpha value is -2.72. The van der Waals surface area contributed by atoms with E-state index in [1.165, 1.54) is 6.20 Å². The molecule has 0 radical (unpaired) electrons. The number of ether oxygens (including phenoxy) is 1.